The van der Waals surface area contributed by atoms with E-state index in [-0.39, 0.29) is 17.6 Å². The van der Waals surface area contributed by atoms with Crippen LogP contribution in [0.1, 0.15) is 66.2 Å². The number of amides is 1. The molecule has 4 rings (SSSR count). The quantitative estimate of drug-likeness (QED) is 0.887. The van der Waals surface area contributed by atoms with Gasteiger partial charge in [0.25, 0.3) is 5.91 Å². The molecule has 130 valence electrons. The van der Waals surface area contributed by atoms with Crippen LogP contribution in [0.25, 0.3) is 0 Å². The number of aryl methyl sites for hydroxylation is 1. The Kier molecular flexibility index (Phi) is 4.20. The lowest BCUT2D eigenvalue weighted by atomic mass is 9.77. The number of carbonyl (C=O) groups is 1. The van der Waals surface area contributed by atoms with Gasteiger partial charge in [-0.25, -0.2) is 0 Å². The topological polar surface area (TPSA) is 51.2 Å². The van der Waals surface area contributed by atoms with Crippen LogP contribution >= 0.6 is 0 Å². The molecule has 0 saturated heterocycles. The van der Waals surface area contributed by atoms with Crippen molar-refractivity contribution in [2.24, 2.45) is 0 Å². The second kappa shape index (κ2) is 6.51. The molecule has 1 spiro atoms. The van der Waals surface area contributed by atoms with Gasteiger partial charge in [-0.05, 0) is 50.8 Å². The van der Waals surface area contributed by atoms with Crippen LogP contribution in [0.15, 0.2) is 42.6 Å². The maximum atomic E-state index is 12.7. The first kappa shape index (κ1) is 16.1. The van der Waals surface area contributed by atoms with Crippen LogP contribution < -0.4 is 10.1 Å². The zero-order valence-electron chi connectivity index (χ0n) is 14.6. The minimum atomic E-state index is -0.129. The first-order valence-corrected chi connectivity index (χ1v) is 9.17. The third kappa shape index (κ3) is 3.26. The molecular weight excluding hydrogens is 312 g/mol. The van der Waals surface area contributed by atoms with E-state index in [0.29, 0.717) is 5.56 Å². The lowest BCUT2D eigenvalue weighted by Gasteiger charge is -2.44. The summed E-state index contributed by atoms with van der Waals surface area (Å²) >= 11 is 0. The van der Waals surface area contributed by atoms with Gasteiger partial charge in [-0.2, -0.15) is 0 Å². The molecule has 0 radical (unpaired) electrons. The highest BCUT2D eigenvalue weighted by Crippen LogP contribution is 2.46. The summed E-state index contributed by atoms with van der Waals surface area (Å²) in [7, 11) is 0. The molecule has 1 fully saturated rings. The smallest absolute Gasteiger partial charge is 0.253 e. The predicted molar refractivity (Wildman–Crippen MR) is 96.7 cm³/mol. The average molecular weight is 336 g/mol. The summed E-state index contributed by atoms with van der Waals surface area (Å²) in [5.74, 6) is 0.850. The fourth-order valence-corrected chi connectivity index (χ4v) is 4.09. The Bertz CT molecular complexity index is 764. The Morgan fingerprint density at radius 3 is 2.72 bits per heavy atom. The standard InChI is InChI=1S/C21H24N2O2/c1-15-9-10-16(14-22-15)20(24)23-18-13-21(11-5-2-6-12-21)25-19-8-4-3-7-17(18)19/h3-4,7-10,14,18H,2,5-6,11-13H2,1H3,(H,23,24). The van der Waals surface area contributed by atoms with Gasteiger partial charge in [0.2, 0.25) is 0 Å². The number of rotatable bonds is 2. The summed E-state index contributed by atoms with van der Waals surface area (Å²) in [6.07, 6.45) is 8.30. The molecule has 4 heteroatoms. The largest absolute Gasteiger partial charge is 0.487 e. The lowest BCUT2D eigenvalue weighted by molar-refractivity contribution is -0.00210. The summed E-state index contributed by atoms with van der Waals surface area (Å²) in [5.41, 5.74) is 2.46. The Balaban J connectivity index is 1.60. The van der Waals surface area contributed by atoms with Crippen LogP contribution in [-0.4, -0.2) is 16.5 Å². The normalized spacial score (nSPS) is 21.2. The zero-order chi connectivity index (χ0) is 17.3. The number of fused-ring (bicyclic) bond motifs is 1. The van der Waals surface area contributed by atoms with Crippen molar-refractivity contribution in [3.8, 4) is 5.75 Å². The van der Waals surface area contributed by atoms with Crippen molar-refractivity contribution < 1.29 is 9.53 Å². The molecule has 0 bridgehead atoms. The van der Waals surface area contributed by atoms with Gasteiger partial charge in [-0.15, -0.1) is 0 Å². The molecule has 1 unspecified atom stereocenters. The molecule has 2 heterocycles. The van der Waals surface area contributed by atoms with Crippen molar-refractivity contribution in [3.63, 3.8) is 0 Å². The number of carbonyl (C=O) groups excluding carboxylic acids is 1. The molecule has 25 heavy (non-hydrogen) atoms. The van der Waals surface area contributed by atoms with Crippen LogP contribution in [0.5, 0.6) is 5.75 Å². The molecule has 1 amide bonds. The van der Waals surface area contributed by atoms with Crippen LogP contribution in [0.2, 0.25) is 0 Å². The number of para-hydroxylation sites is 1. The number of nitrogens with zero attached hydrogens (tertiary/aromatic N) is 1. The second-order valence-electron chi connectivity index (χ2n) is 7.30. The van der Waals surface area contributed by atoms with Crippen LogP contribution in [-0.2, 0) is 0 Å². The molecule has 2 aliphatic rings. The van der Waals surface area contributed by atoms with Crippen molar-refractivity contribution in [3.05, 3.63) is 59.4 Å². The van der Waals surface area contributed by atoms with Gasteiger partial charge >= 0.3 is 0 Å². The summed E-state index contributed by atoms with van der Waals surface area (Å²) in [4.78, 5) is 16.9. The van der Waals surface area contributed by atoms with E-state index in [2.05, 4.69) is 16.4 Å². The molecule has 1 aliphatic carbocycles. The van der Waals surface area contributed by atoms with Gasteiger partial charge in [-0.3, -0.25) is 9.78 Å². The Hall–Kier alpha value is -2.36. The fraction of sp³-hybridized carbons (Fsp3) is 0.429. The van der Waals surface area contributed by atoms with Crippen molar-refractivity contribution in [1.82, 2.24) is 10.3 Å². The monoisotopic (exact) mass is 336 g/mol. The highest BCUT2D eigenvalue weighted by molar-refractivity contribution is 5.94. The van der Waals surface area contributed by atoms with E-state index < -0.39 is 0 Å². The third-order valence-corrected chi connectivity index (χ3v) is 5.44. The minimum Gasteiger partial charge on any atom is -0.487 e. The molecule has 1 aliphatic heterocycles. The van der Waals surface area contributed by atoms with E-state index in [1.54, 1.807) is 6.20 Å². The van der Waals surface area contributed by atoms with Gasteiger partial charge < -0.3 is 10.1 Å². The summed E-state index contributed by atoms with van der Waals surface area (Å²) in [5, 5.41) is 3.22. The van der Waals surface area contributed by atoms with E-state index in [1.807, 2.05) is 37.3 Å². The summed E-state index contributed by atoms with van der Waals surface area (Å²) in [6, 6.07) is 11.8. The molecule has 4 nitrogen and oxygen atoms in total. The number of ether oxygens (including phenoxy) is 1. The number of nitrogens with one attached hydrogen (secondary N) is 1. The fourth-order valence-electron chi connectivity index (χ4n) is 4.09. The first-order chi connectivity index (χ1) is 12.2. The SMILES string of the molecule is Cc1ccc(C(=O)NC2CC3(CCCCC3)Oc3ccccc32)cn1. The van der Waals surface area contributed by atoms with Crippen molar-refractivity contribution in [1.29, 1.82) is 0 Å². The van der Waals surface area contributed by atoms with Crippen molar-refractivity contribution >= 4 is 5.91 Å². The maximum Gasteiger partial charge on any atom is 0.253 e. The van der Waals surface area contributed by atoms with E-state index in [9.17, 15) is 4.79 Å². The van der Waals surface area contributed by atoms with Crippen molar-refractivity contribution in [2.45, 2.75) is 57.1 Å². The molecule has 1 saturated carbocycles. The van der Waals surface area contributed by atoms with Crippen LogP contribution in [0.4, 0.5) is 0 Å². The van der Waals surface area contributed by atoms with Crippen molar-refractivity contribution in [2.75, 3.05) is 0 Å². The minimum absolute atomic E-state index is 0.0168. The number of pyridine rings is 1. The summed E-state index contributed by atoms with van der Waals surface area (Å²) in [6.45, 7) is 1.92. The number of benzene rings is 1. The highest BCUT2D eigenvalue weighted by Gasteiger charge is 2.42. The predicted octanol–water partition coefficient (Wildman–Crippen LogP) is 4.35. The average Bonchev–Trinajstić information content (AvgIpc) is 2.63. The maximum absolute atomic E-state index is 12.7. The highest BCUT2D eigenvalue weighted by atomic mass is 16.5. The Labute approximate surface area is 148 Å². The van der Waals surface area contributed by atoms with Gasteiger partial charge in [0.1, 0.15) is 11.4 Å². The lowest BCUT2D eigenvalue weighted by Crippen LogP contribution is -2.46. The van der Waals surface area contributed by atoms with E-state index in [1.165, 1.54) is 19.3 Å². The molecule has 1 atom stereocenters. The van der Waals surface area contributed by atoms with Gasteiger partial charge in [0, 0.05) is 23.9 Å². The van der Waals surface area contributed by atoms with Gasteiger partial charge in [0.05, 0.1) is 11.6 Å². The summed E-state index contributed by atoms with van der Waals surface area (Å²) < 4.78 is 6.43. The van der Waals surface area contributed by atoms with E-state index in [4.69, 9.17) is 4.74 Å². The van der Waals surface area contributed by atoms with Gasteiger partial charge in [-0.1, -0.05) is 24.6 Å². The number of hydrogen-bond acceptors (Lipinski definition) is 3. The van der Waals surface area contributed by atoms with E-state index in [0.717, 1.165) is 36.3 Å². The number of hydrogen-bond donors (Lipinski definition) is 1. The first-order valence-electron chi connectivity index (χ1n) is 9.17. The Morgan fingerprint density at radius 2 is 1.96 bits per heavy atom. The molecule has 2 aromatic rings. The van der Waals surface area contributed by atoms with E-state index >= 15 is 0 Å². The molecule has 1 aromatic heterocycles. The van der Waals surface area contributed by atoms with Gasteiger partial charge in [0.15, 0.2) is 0 Å². The third-order valence-electron chi connectivity index (χ3n) is 5.44. The zero-order valence-corrected chi connectivity index (χ0v) is 14.6. The second-order valence-corrected chi connectivity index (χ2v) is 7.30. The van der Waals surface area contributed by atoms with Crippen LogP contribution in [0.3, 0.4) is 0 Å². The molecule has 1 N–H and O–H groups in total. The van der Waals surface area contributed by atoms with Crippen LogP contribution in [0, 0.1) is 6.92 Å². The number of aromatic nitrogens is 1. The molecule has 1 aromatic carbocycles. The Morgan fingerprint density at radius 1 is 1.16 bits per heavy atom. The molecular formula is C21H24N2O2.